The molecule has 1 saturated heterocycles. The van der Waals surface area contributed by atoms with Crippen LogP contribution in [0.15, 0.2) is 30.3 Å². The van der Waals surface area contributed by atoms with Crippen molar-refractivity contribution in [3.05, 3.63) is 36.0 Å². The first-order valence-corrected chi connectivity index (χ1v) is 9.21. The second kappa shape index (κ2) is 8.70. The Kier molecular flexibility index (Phi) is 6.11. The molecule has 1 aromatic heterocycles. The molecule has 27 heavy (non-hydrogen) atoms. The summed E-state index contributed by atoms with van der Waals surface area (Å²) in [6, 6.07) is 8.93. The van der Waals surface area contributed by atoms with Crippen molar-refractivity contribution < 1.29 is 14.3 Å². The van der Waals surface area contributed by atoms with E-state index >= 15 is 0 Å². The molecule has 7 nitrogen and oxygen atoms in total. The topological polar surface area (TPSA) is 76.6 Å². The van der Waals surface area contributed by atoms with Crippen LogP contribution in [0.1, 0.15) is 25.5 Å². The monoisotopic (exact) mass is 370 g/mol. The van der Waals surface area contributed by atoms with Gasteiger partial charge < -0.3 is 19.7 Å². The second-order valence-corrected chi connectivity index (χ2v) is 6.89. The number of amides is 1. The smallest absolute Gasteiger partial charge is 0.262 e. The SMILES string of the molecule is COc1cccc(NC(=O)COc2cc(C)nc(N3CCC(C)CC3)n2)c1. The van der Waals surface area contributed by atoms with Gasteiger partial charge in [0, 0.05) is 36.6 Å². The van der Waals surface area contributed by atoms with Crippen LogP contribution in [0.2, 0.25) is 0 Å². The van der Waals surface area contributed by atoms with Gasteiger partial charge in [-0.15, -0.1) is 0 Å². The van der Waals surface area contributed by atoms with Gasteiger partial charge in [-0.2, -0.15) is 4.98 Å². The Bertz CT molecular complexity index is 789. The summed E-state index contributed by atoms with van der Waals surface area (Å²) in [4.78, 5) is 23.3. The normalized spacial score (nSPS) is 14.7. The molecule has 2 heterocycles. The fourth-order valence-electron chi connectivity index (χ4n) is 2.99. The molecule has 0 atom stereocenters. The molecule has 0 bridgehead atoms. The Morgan fingerprint density at radius 3 is 2.78 bits per heavy atom. The Labute approximate surface area is 159 Å². The second-order valence-electron chi connectivity index (χ2n) is 6.89. The van der Waals surface area contributed by atoms with E-state index in [0.29, 0.717) is 23.3 Å². The average molecular weight is 370 g/mol. The van der Waals surface area contributed by atoms with Gasteiger partial charge in [0.15, 0.2) is 6.61 Å². The Balaban J connectivity index is 1.59. The highest BCUT2D eigenvalue weighted by molar-refractivity contribution is 5.92. The highest BCUT2D eigenvalue weighted by Gasteiger charge is 2.19. The lowest BCUT2D eigenvalue weighted by molar-refractivity contribution is -0.118. The summed E-state index contributed by atoms with van der Waals surface area (Å²) in [7, 11) is 1.59. The number of carbonyl (C=O) groups is 1. The van der Waals surface area contributed by atoms with Crippen molar-refractivity contribution >= 4 is 17.5 Å². The van der Waals surface area contributed by atoms with Gasteiger partial charge in [0.1, 0.15) is 5.75 Å². The standard InChI is InChI=1S/C20H26N4O3/c1-14-7-9-24(10-8-14)20-21-15(2)11-19(23-20)27-13-18(25)22-16-5-4-6-17(12-16)26-3/h4-6,11-12,14H,7-10,13H2,1-3H3,(H,22,25). The van der Waals surface area contributed by atoms with E-state index in [1.807, 2.05) is 19.1 Å². The lowest BCUT2D eigenvalue weighted by atomic mass is 10.00. The van der Waals surface area contributed by atoms with Crippen LogP contribution in [0.3, 0.4) is 0 Å². The fourth-order valence-corrected chi connectivity index (χ4v) is 2.99. The summed E-state index contributed by atoms with van der Waals surface area (Å²) in [5.41, 5.74) is 1.48. The number of nitrogens with one attached hydrogen (secondary N) is 1. The number of aromatic nitrogens is 2. The molecule has 0 spiro atoms. The first-order valence-electron chi connectivity index (χ1n) is 9.21. The summed E-state index contributed by atoms with van der Waals surface area (Å²) >= 11 is 0. The zero-order valence-corrected chi connectivity index (χ0v) is 16.1. The zero-order valence-electron chi connectivity index (χ0n) is 16.1. The van der Waals surface area contributed by atoms with Crippen molar-refractivity contribution in [1.82, 2.24) is 9.97 Å². The van der Waals surface area contributed by atoms with E-state index in [-0.39, 0.29) is 12.5 Å². The fraction of sp³-hybridized carbons (Fsp3) is 0.450. The van der Waals surface area contributed by atoms with Crippen LogP contribution in [0, 0.1) is 12.8 Å². The Morgan fingerprint density at radius 1 is 1.26 bits per heavy atom. The molecule has 7 heteroatoms. The molecular weight excluding hydrogens is 344 g/mol. The molecule has 0 unspecified atom stereocenters. The molecule has 1 aromatic carbocycles. The van der Waals surface area contributed by atoms with E-state index in [9.17, 15) is 4.79 Å². The lowest BCUT2D eigenvalue weighted by Crippen LogP contribution is -2.34. The Morgan fingerprint density at radius 2 is 2.04 bits per heavy atom. The number of hydrogen-bond acceptors (Lipinski definition) is 6. The van der Waals surface area contributed by atoms with E-state index in [2.05, 4.69) is 27.1 Å². The maximum atomic E-state index is 12.2. The van der Waals surface area contributed by atoms with E-state index in [0.717, 1.165) is 37.5 Å². The van der Waals surface area contributed by atoms with Crippen LogP contribution in [-0.4, -0.2) is 42.7 Å². The van der Waals surface area contributed by atoms with Crippen LogP contribution in [0.5, 0.6) is 11.6 Å². The number of rotatable bonds is 6. The summed E-state index contributed by atoms with van der Waals surface area (Å²) in [6.07, 6.45) is 2.27. The summed E-state index contributed by atoms with van der Waals surface area (Å²) in [5, 5.41) is 2.79. The maximum Gasteiger partial charge on any atom is 0.262 e. The third kappa shape index (κ3) is 5.32. The molecule has 2 aromatic rings. The quantitative estimate of drug-likeness (QED) is 0.842. The predicted octanol–water partition coefficient (Wildman–Crippen LogP) is 3.05. The molecule has 1 aliphatic rings. The molecule has 144 valence electrons. The van der Waals surface area contributed by atoms with Crippen molar-refractivity contribution in [3.8, 4) is 11.6 Å². The number of ether oxygens (including phenoxy) is 2. The first kappa shape index (κ1) is 18.9. The van der Waals surface area contributed by atoms with E-state index in [4.69, 9.17) is 9.47 Å². The Hall–Kier alpha value is -2.83. The van der Waals surface area contributed by atoms with Crippen LogP contribution >= 0.6 is 0 Å². The van der Waals surface area contributed by atoms with Gasteiger partial charge in [-0.1, -0.05) is 13.0 Å². The molecule has 1 amide bonds. The highest BCUT2D eigenvalue weighted by Crippen LogP contribution is 2.22. The summed E-state index contributed by atoms with van der Waals surface area (Å²) < 4.78 is 10.8. The minimum Gasteiger partial charge on any atom is -0.497 e. The molecule has 0 aliphatic carbocycles. The molecule has 1 fully saturated rings. The van der Waals surface area contributed by atoms with Gasteiger partial charge >= 0.3 is 0 Å². The number of methoxy groups -OCH3 is 1. The number of hydrogen-bond donors (Lipinski definition) is 1. The molecule has 0 radical (unpaired) electrons. The predicted molar refractivity (Wildman–Crippen MR) is 104 cm³/mol. The van der Waals surface area contributed by atoms with Crippen LogP contribution in [0.25, 0.3) is 0 Å². The zero-order chi connectivity index (χ0) is 19.2. The minimum atomic E-state index is -0.257. The molecule has 1 N–H and O–H groups in total. The van der Waals surface area contributed by atoms with Gasteiger partial charge in [0.25, 0.3) is 5.91 Å². The molecule has 1 aliphatic heterocycles. The van der Waals surface area contributed by atoms with Crippen molar-refractivity contribution in [2.75, 3.05) is 37.0 Å². The largest absolute Gasteiger partial charge is 0.497 e. The minimum absolute atomic E-state index is 0.121. The van der Waals surface area contributed by atoms with E-state index in [1.165, 1.54) is 0 Å². The van der Waals surface area contributed by atoms with Crippen LogP contribution in [0.4, 0.5) is 11.6 Å². The lowest BCUT2D eigenvalue weighted by Gasteiger charge is -2.30. The number of carbonyl (C=O) groups excluding carboxylic acids is 1. The van der Waals surface area contributed by atoms with Crippen molar-refractivity contribution in [1.29, 1.82) is 0 Å². The molecule has 0 saturated carbocycles. The summed E-state index contributed by atoms with van der Waals surface area (Å²) in [6.45, 7) is 5.94. The molecule has 3 rings (SSSR count). The number of piperidine rings is 1. The first-order chi connectivity index (χ1) is 13.0. The van der Waals surface area contributed by atoms with E-state index in [1.54, 1.807) is 25.3 Å². The maximum absolute atomic E-state index is 12.2. The van der Waals surface area contributed by atoms with Crippen LogP contribution < -0.4 is 19.7 Å². The van der Waals surface area contributed by atoms with Gasteiger partial charge in [0.05, 0.1) is 7.11 Å². The number of nitrogens with zero attached hydrogens (tertiary/aromatic N) is 3. The third-order valence-electron chi connectivity index (χ3n) is 4.59. The van der Waals surface area contributed by atoms with Crippen molar-refractivity contribution in [2.24, 2.45) is 5.92 Å². The highest BCUT2D eigenvalue weighted by atomic mass is 16.5. The van der Waals surface area contributed by atoms with Crippen molar-refractivity contribution in [2.45, 2.75) is 26.7 Å². The molecular formula is C20H26N4O3. The van der Waals surface area contributed by atoms with Gasteiger partial charge in [-0.3, -0.25) is 4.79 Å². The summed E-state index contributed by atoms with van der Waals surface area (Å²) in [5.74, 6) is 2.25. The number of anilines is 2. The van der Waals surface area contributed by atoms with E-state index < -0.39 is 0 Å². The average Bonchev–Trinajstić information content (AvgIpc) is 2.67. The number of aryl methyl sites for hydroxylation is 1. The van der Waals surface area contributed by atoms with Gasteiger partial charge in [-0.25, -0.2) is 4.98 Å². The van der Waals surface area contributed by atoms with Crippen molar-refractivity contribution in [3.63, 3.8) is 0 Å². The van der Waals surface area contributed by atoms with Gasteiger partial charge in [-0.05, 0) is 37.8 Å². The van der Waals surface area contributed by atoms with Crippen LogP contribution in [-0.2, 0) is 4.79 Å². The third-order valence-corrected chi connectivity index (χ3v) is 4.59. The van der Waals surface area contributed by atoms with Gasteiger partial charge in [0.2, 0.25) is 11.8 Å². The number of benzene rings is 1.